The van der Waals surface area contributed by atoms with Gasteiger partial charge in [-0.3, -0.25) is 0 Å². The topological polar surface area (TPSA) is 41.6 Å². The molecule has 13 aromatic carbocycles. The monoisotopic (exact) mass is 1070 g/mol. The largest absolute Gasteiger partial charge is 0.454 e. The molecule has 0 aliphatic rings. The van der Waals surface area contributed by atoms with Crippen molar-refractivity contribution < 1.29 is 8.83 Å². The van der Waals surface area contributed by atoms with Crippen molar-refractivity contribution in [1.82, 2.24) is 8.80 Å². The highest BCUT2D eigenvalue weighted by molar-refractivity contribution is 6.29. The standard InChI is InChI=1S/C78H46N4O2/c1-3-17-47(18-4-1)49-21-11-23-51(41-49)79(69-33-15-31-61-55-25-7-9-35-73(55)83-77(61)69)53-37-39-67-63(43-53)57-27-13-29-59-65-46-72-66(45-71(65)81(67)75(57)59)60-30-14-28-58-64-44-54(38-40-68(64)82(72)76(58)60)80(52-24-12-22-50(42-52)48-19-5-2-6-20-48)70-34-16-32-62-56-26-8-10-36-74(56)84-78(62)70/h1-46H. The quantitative estimate of drug-likeness (QED) is 0.152. The zero-order chi connectivity index (χ0) is 54.7. The third-order valence-electron chi connectivity index (χ3n) is 17.9. The minimum Gasteiger partial charge on any atom is -0.454 e. The molecule has 0 saturated heterocycles. The first kappa shape index (κ1) is 45.4. The van der Waals surface area contributed by atoms with Gasteiger partial charge in [0.15, 0.2) is 11.2 Å². The lowest BCUT2D eigenvalue weighted by Crippen LogP contribution is -2.10. The summed E-state index contributed by atoms with van der Waals surface area (Å²) in [5.41, 5.74) is 21.5. The summed E-state index contributed by atoms with van der Waals surface area (Å²) in [4.78, 5) is 4.75. The van der Waals surface area contributed by atoms with E-state index in [1.54, 1.807) is 0 Å². The van der Waals surface area contributed by atoms with Crippen molar-refractivity contribution in [3.63, 3.8) is 0 Å². The van der Waals surface area contributed by atoms with Gasteiger partial charge in [0.05, 0.1) is 44.5 Å². The van der Waals surface area contributed by atoms with Crippen molar-refractivity contribution in [2.45, 2.75) is 0 Å². The van der Waals surface area contributed by atoms with Crippen LogP contribution < -0.4 is 9.80 Å². The zero-order valence-electron chi connectivity index (χ0n) is 45.2. The molecule has 0 spiro atoms. The lowest BCUT2D eigenvalue weighted by atomic mass is 10.0. The van der Waals surface area contributed by atoms with Gasteiger partial charge in [-0.1, -0.05) is 182 Å². The first-order valence-corrected chi connectivity index (χ1v) is 28.7. The Bertz CT molecular complexity index is 5520. The number of fused-ring (bicyclic) bond motifs is 18. The van der Waals surface area contributed by atoms with E-state index in [9.17, 15) is 0 Å². The lowest BCUT2D eigenvalue weighted by Gasteiger charge is -2.26. The van der Waals surface area contributed by atoms with E-state index in [-0.39, 0.29) is 0 Å². The third kappa shape index (κ3) is 6.33. The highest BCUT2D eigenvalue weighted by Gasteiger charge is 2.27. The Balaban J connectivity index is 0.796. The maximum absolute atomic E-state index is 6.78. The van der Waals surface area contributed by atoms with Gasteiger partial charge in [-0.25, -0.2) is 0 Å². The van der Waals surface area contributed by atoms with E-state index in [1.807, 2.05) is 12.1 Å². The molecule has 19 aromatic rings. The van der Waals surface area contributed by atoms with Crippen LogP contribution in [0.3, 0.4) is 0 Å². The molecule has 84 heavy (non-hydrogen) atoms. The van der Waals surface area contributed by atoms with Crippen LogP contribution in [0.4, 0.5) is 34.1 Å². The molecule has 0 fully saturated rings. The van der Waals surface area contributed by atoms with Crippen molar-refractivity contribution >= 4 is 154 Å². The van der Waals surface area contributed by atoms with E-state index in [4.69, 9.17) is 8.83 Å². The number of furan rings is 2. The Morgan fingerprint density at radius 2 is 0.571 bits per heavy atom. The minimum atomic E-state index is 0.856. The molecule has 0 amide bonds. The van der Waals surface area contributed by atoms with Crippen LogP contribution in [0, 0.1) is 0 Å². The molecule has 0 unspecified atom stereocenters. The molecule has 0 aliphatic carbocycles. The number of hydrogen-bond acceptors (Lipinski definition) is 4. The van der Waals surface area contributed by atoms with Crippen LogP contribution in [-0.2, 0) is 0 Å². The summed E-state index contributed by atoms with van der Waals surface area (Å²) < 4.78 is 18.6. The Labute approximate surface area is 480 Å². The molecule has 0 radical (unpaired) electrons. The Morgan fingerprint density at radius 1 is 0.226 bits per heavy atom. The van der Waals surface area contributed by atoms with Crippen LogP contribution >= 0.6 is 0 Å². The Morgan fingerprint density at radius 3 is 1.02 bits per heavy atom. The number of rotatable bonds is 8. The zero-order valence-corrected chi connectivity index (χ0v) is 45.2. The number of aromatic nitrogens is 2. The number of anilines is 6. The van der Waals surface area contributed by atoms with Gasteiger partial charge in [0, 0.05) is 87.4 Å². The van der Waals surface area contributed by atoms with Crippen LogP contribution in [0.5, 0.6) is 0 Å². The van der Waals surface area contributed by atoms with Crippen molar-refractivity contribution in [2.24, 2.45) is 0 Å². The molecule has 0 bridgehead atoms. The first-order valence-electron chi connectivity index (χ1n) is 28.7. The summed E-state index contributed by atoms with van der Waals surface area (Å²) in [5.74, 6) is 0. The first-order chi connectivity index (χ1) is 41.7. The van der Waals surface area contributed by atoms with Crippen LogP contribution in [0.2, 0.25) is 0 Å². The van der Waals surface area contributed by atoms with Gasteiger partial charge in [-0.15, -0.1) is 0 Å². The Kier molecular flexibility index (Phi) is 9.24. The van der Waals surface area contributed by atoms with Crippen molar-refractivity contribution in [3.05, 3.63) is 279 Å². The molecule has 0 aliphatic heterocycles. The van der Waals surface area contributed by atoms with Crippen LogP contribution in [0.15, 0.2) is 288 Å². The lowest BCUT2D eigenvalue weighted by molar-refractivity contribution is 0.668. The maximum atomic E-state index is 6.78. The van der Waals surface area contributed by atoms with Gasteiger partial charge in [0.25, 0.3) is 0 Å². The van der Waals surface area contributed by atoms with Gasteiger partial charge in [0.2, 0.25) is 0 Å². The van der Waals surface area contributed by atoms with Crippen LogP contribution in [0.25, 0.3) is 142 Å². The number of hydrogen-bond donors (Lipinski definition) is 0. The molecule has 0 atom stereocenters. The summed E-state index contributed by atoms with van der Waals surface area (Å²) in [6.45, 7) is 0. The number of benzene rings is 13. The molecular weight excluding hydrogens is 1020 g/mol. The second-order valence-electron chi connectivity index (χ2n) is 22.4. The van der Waals surface area contributed by atoms with Gasteiger partial charge in [0.1, 0.15) is 11.2 Å². The molecule has 0 N–H and O–H groups in total. The number of nitrogens with zero attached hydrogens (tertiary/aromatic N) is 4. The van der Waals surface area contributed by atoms with Crippen LogP contribution in [-0.4, -0.2) is 8.80 Å². The van der Waals surface area contributed by atoms with Gasteiger partial charge in [-0.05, 0) is 119 Å². The van der Waals surface area contributed by atoms with E-state index in [0.717, 1.165) is 89.1 Å². The maximum Gasteiger partial charge on any atom is 0.159 e. The van der Waals surface area contributed by atoms with E-state index in [0.29, 0.717) is 0 Å². The SMILES string of the molecule is c1ccc(-c2cccc(N(c3ccc4c(c3)c3cccc5c6cc7c(cc6n4c35)c3cccc4c5cc(N(c6cccc(-c8ccccc8)c6)c6cccc8c6oc6ccccc68)ccc5n7c43)c3cccc4c3oc3ccccc34)c2)cc1. The molecule has 19 rings (SSSR count). The van der Waals surface area contributed by atoms with E-state index in [1.165, 1.54) is 87.3 Å². The summed E-state index contributed by atoms with van der Waals surface area (Å²) in [7, 11) is 0. The van der Waals surface area contributed by atoms with E-state index in [2.05, 4.69) is 286 Å². The van der Waals surface area contributed by atoms with Crippen molar-refractivity contribution in [3.8, 4) is 22.3 Å². The summed E-state index contributed by atoms with van der Waals surface area (Å²) >= 11 is 0. The molecule has 6 heteroatoms. The third-order valence-corrected chi connectivity index (χ3v) is 17.9. The highest BCUT2D eigenvalue weighted by Crippen LogP contribution is 2.50. The fourth-order valence-electron chi connectivity index (χ4n) is 14.3. The molecule has 6 heterocycles. The van der Waals surface area contributed by atoms with Gasteiger partial charge < -0.3 is 27.4 Å². The fourth-order valence-corrected chi connectivity index (χ4v) is 14.3. The van der Waals surface area contributed by atoms with Crippen LogP contribution in [0.1, 0.15) is 0 Å². The summed E-state index contributed by atoms with van der Waals surface area (Å²) in [6, 6.07) is 101. The van der Waals surface area contributed by atoms with E-state index >= 15 is 0 Å². The van der Waals surface area contributed by atoms with Crippen molar-refractivity contribution in [1.29, 1.82) is 0 Å². The van der Waals surface area contributed by atoms with Gasteiger partial charge in [-0.2, -0.15) is 0 Å². The van der Waals surface area contributed by atoms with E-state index < -0.39 is 0 Å². The average molecular weight is 1070 g/mol. The summed E-state index contributed by atoms with van der Waals surface area (Å²) in [5, 5.41) is 14.2. The highest BCUT2D eigenvalue weighted by atomic mass is 16.3. The Hall–Kier alpha value is -11.3. The van der Waals surface area contributed by atoms with Gasteiger partial charge >= 0.3 is 0 Å². The molecule has 0 saturated carbocycles. The molecular formula is C78H46N4O2. The second kappa shape index (κ2) is 17.1. The number of para-hydroxylation sites is 6. The molecule has 6 aromatic heterocycles. The predicted molar refractivity (Wildman–Crippen MR) is 351 cm³/mol. The molecule has 6 nitrogen and oxygen atoms in total. The minimum absolute atomic E-state index is 0.856. The summed E-state index contributed by atoms with van der Waals surface area (Å²) in [6.07, 6.45) is 0. The average Bonchev–Trinajstić information content (AvgIpc) is 2.39. The fraction of sp³-hybridized carbons (Fsp3) is 0. The molecule has 390 valence electrons. The predicted octanol–water partition coefficient (Wildman–Crippen LogP) is 22.1. The second-order valence-corrected chi connectivity index (χ2v) is 22.4. The normalized spacial score (nSPS) is 12.3. The smallest absolute Gasteiger partial charge is 0.159 e. The van der Waals surface area contributed by atoms with Crippen molar-refractivity contribution in [2.75, 3.05) is 9.80 Å².